The van der Waals surface area contributed by atoms with E-state index in [-0.39, 0.29) is 23.8 Å². The van der Waals surface area contributed by atoms with Gasteiger partial charge in [0.25, 0.3) is 0 Å². The van der Waals surface area contributed by atoms with E-state index < -0.39 is 0 Å². The first-order chi connectivity index (χ1) is 11.5. The van der Waals surface area contributed by atoms with Crippen molar-refractivity contribution in [2.45, 2.75) is 59.5 Å². The van der Waals surface area contributed by atoms with Crippen molar-refractivity contribution in [3.63, 3.8) is 0 Å². The van der Waals surface area contributed by atoms with Crippen molar-refractivity contribution in [3.8, 4) is 0 Å². The van der Waals surface area contributed by atoms with Gasteiger partial charge in [0.1, 0.15) is 0 Å². The van der Waals surface area contributed by atoms with Crippen LogP contribution in [0.5, 0.6) is 0 Å². The number of rotatable bonds is 7. The molecule has 0 spiro atoms. The van der Waals surface area contributed by atoms with Crippen LogP contribution in [-0.2, 0) is 16.1 Å². The largest absolute Gasteiger partial charge is 0.339 e. The molecule has 1 aromatic rings. The molecule has 0 saturated carbocycles. The number of likely N-dealkylation sites (tertiary alicyclic amines) is 1. The minimum Gasteiger partial charge on any atom is -0.339 e. The van der Waals surface area contributed by atoms with Crippen molar-refractivity contribution < 1.29 is 9.59 Å². The molecule has 1 unspecified atom stereocenters. The fraction of sp³-hybridized carbons (Fsp3) is 0.600. The number of aryl methyl sites for hydroxylation is 1. The molecule has 0 N–H and O–H groups in total. The van der Waals surface area contributed by atoms with E-state index in [0.717, 1.165) is 12.8 Å². The molecule has 4 nitrogen and oxygen atoms in total. The molecule has 4 heteroatoms. The van der Waals surface area contributed by atoms with E-state index >= 15 is 0 Å². The molecule has 0 bridgehead atoms. The summed E-state index contributed by atoms with van der Waals surface area (Å²) in [5.74, 6) is 0.0543. The van der Waals surface area contributed by atoms with Gasteiger partial charge in [-0.05, 0) is 37.8 Å². The summed E-state index contributed by atoms with van der Waals surface area (Å²) in [7, 11) is 0. The van der Waals surface area contributed by atoms with E-state index in [4.69, 9.17) is 0 Å². The maximum atomic E-state index is 12.9. The molecule has 1 saturated heterocycles. The summed E-state index contributed by atoms with van der Waals surface area (Å²) in [6.07, 6.45) is 2.26. The average molecular weight is 330 g/mol. The zero-order valence-corrected chi connectivity index (χ0v) is 15.4. The summed E-state index contributed by atoms with van der Waals surface area (Å²) in [6, 6.07) is 8.43. The molecule has 132 valence electrons. The SMILES string of the molecule is CCC(CC)N1CC(C(=O)N(CC)Cc2ccccc2C)CC1=O. The van der Waals surface area contributed by atoms with Crippen LogP contribution >= 0.6 is 0 Å². The van der Waals surface area contributed by atoms with E-state index in [1.165, 1.54) is 11.1 Å². The van der Waals surface area contributed by atoms with E-state index in [0.29, 0.717) is 26.1 Å². The smallest absolute Gasteiger partial charge is 0.228 e. The molecule has 1 aromatic carbocycles. The summed E-state index contributed by atoms with van der Waals surface area (Å²) in [4.78, 5) is 29.1. The van der Waals surface area contributed by atoms with Crippen molar-refractivity contribution in [2.75, 3.05) is 13.1 Å². The maximum Gasteiger partial charge on any atom is 0.228 e. The second kappa shape index (κ2) is 8.32. The molecule has 1 atom stereocenters. The second-order valence-corrected chi connectivity index (χ2v) is 6.70. The Morgan fingerprint density at radius 1 is 1.25 bits per heavy atom. The van der Waals surface area contributed by atoms with E-state index in [9.17, 15) is 9.59 Å². The fourth-order valence-electron chi connectivity index (χ4n) is 3.58. The van der Waals surface area contributed by atoms with Crippen molar-refractivity contribution in [1.82, 2.24) is 9.80 Å². The summed E-state index contributed by atoms with van der Waals surface area (Å²) in [6.45, 7) is 10.2. The first kappa shape index (κ1) is 18.5. The number of amides is 2. The van der Waals surface area contributed by atoms with Crippen LogP contribution in [0.1, 0.15) is 51.2 Å². The van der Waals surface area contributed by atoms with Gasteiger partial charge in [0.15, 0.2) is 0 Å². The van der Waals surface area contributed by atoms with Gasteiger partial charge >= 0.3 is 0 Å². The highest BCUT2D eigenvalue weighted by Crippen LogP contribution is 2.25. The number of carbonyl (C=O) groups is 2. The van der Waals surface area contributed by atoms with Crippen molar-refractivity contribution in [1.29, 1.82) is 0 Å². The zero-order chi connectivity index (χ0) is 17.7. The van der Waals surface area contributed by atoms with Crippen molar-refractivity contribution in [3.05, 3.63) is 35.4 Å². The normalized spacial score (nSPS) is 17.6. The molecule has 0 radical (unpaired) electrons. The Hall–Kier alpha value is -1.84. The minimum atomic E-state index is -0.193. The number of carbonyl (C=O) groups excluding carboxylic acids is 2. The highest BCUT2D eigenvalue weighted by atomic mass is 16.2. The van der Waals surface area contributed by atoms with E-state index in [2.05, 4.69) is 32.9 Å². The average Bonchev–Trinajstić information content (AvgIpc) is 2.97. The van der Waals surface area contributed by atoms with Gasteiger partial charge in [-0.25, -0.2) is 0 Å². The molecular formula is C20H30N2O2. The van der Waals surface area contributed by atoms with Crippen LogP contribution in [-0.4, -0.2) is 40.7 Å². The standard InChI is InChI=1S/C20H30N2O2/c1-5-18(6-2)22-14-17(12-19(22)23)20(24)21(7-3)13-16-11-9-8-10-15(16)4/h8-11,17-18H,5-7,12-14H2,1-4H3. The highest BCUT2D eigenvalue weighted by molar-refractivity contribution is 5.89. The van der Waals surface area contributed by atoms with Crippen molar-refractivity contribution in [2.24, 2.45) is 5.92 Å². The molecule has 24 heavy (non-hydrogen) atoms. The first-order valence-electron chi connectivity index (χ1n) is 9.14. The Balaban J connectivity index is 2.07. The van der Waals surface area contributed by atoms with Crippen LogP contribution in [0.25, 0.3) is 0 Å². The predicted molar refractivity (Wildman–Crippen MR) is 96.5 cm³/mol. The van der Waals surface area contributed by atoms with Gasteiger partial charge in [0.05, 0.1) is 5.92 Å². The minimum absolute atomic E-state index is 0.113. The molecule has 0 aliphatic carbocycles. The van der Waals surface area contributed by atoms with Crippen LogP contribution < -0.4 is 0 Å². The molecule has 1 fully saturated rings. The quantitative estimate of drug-likeness (QED) is 0.769. The van der Waals surface area contributed by atoms with Gasteiger partial charge in [-0.2, -0.15) is 0 Å². The number of nitrogens with zero attached hydrogens (tertiary/aromatic N) is 2. The van der Waals surface area contributed by atoms with E-state index in [1.54, 1.807) is 0 Å². The predicted octanol–water partition coefficient (Wildman–Crippen LogP) is 3.38. The third kappa shape index (κ3) is 3.97. The lowest BCUT2D eigenvalue weighted by Crippen LogP contribution is -2.39. The number of hydrogen-bond acceptors (Lipinski definition) is 2. The van der Waals surface area contributed by atoms with Crippen LogP contribution in [0.3, 0.4) is 0 Å². The van der Waals surface area contributed by atoms with E-state index in [1.807, 2.05) is 28.9 Å². The Morgan fingerprint density at radius 3 is 2.50 bits per heavy atom. The summed E-state index contributed by atoms with van der Waals surface area (Å²) < 4.78 is 0. The molecule has 2 rings (SSSR count). The maximum absolute atomic E-state index is 12.9. The van der Waals surface area contributed by atoms with Gasteiger partial charge in [-0.1, -0.05) is 38.1 Å². The van der Waals surface area contributed by atoms with Crippen LogP contribution in [0.2, 0.25) is 0 Å². The van der Waals surface area contributed by atoms with Gasteiger partial charge < -0.3 is 9.80 Å². The number of benzene rings is 1. The third-order valence-corrected chi connectivity index (χ3v) is 5.21. The van der Waals surface area contributed by atoms with Gasteiger partial charge in [0, 0.05) is 32.1 Å². The summed E-state index contributed by atoms with van der Waals surface area (Å²) >= 11 is 0. The Bertz CT molecular complexity index is 581. The van der Waals surface area contributed by atoms with Crippen molar-refractivity contribution >= 4 is 11.8 Å². The Labute approximate surface area is 145 Å². The fourth-order valence-corrected chi connectivity index (χ4v) is 3.58. The van der Waals surface area contributed by atoms with Crippen LogP contribution in [0, 0.1) is 12.8 Å². The first-order valence-corrected chi connectivity index (χ1v) is 9.14. The Kier molecular flexibility index (Phi) is 6.41. The molecule has 1 heterocycles. The third-order valence-electron chi connectivity index (χ3n) is 5.21. The van der Waals surface area contributed by atoms with Gasteiger partial charge in [0.2, 0.25) is 11.8 Å². The van der Waals surface area contributed by atoms with Gasteiger partial charge in [-0.15, -0.1) is 0 Å². The molecule has 1 aliphatic rings. The van der Waals surface area contributed by atoms with Crippen LogP contribution in [0.15, 0.2) is 24.3 Å². The summed E-state index contributed by atoms with van der Waals surface area (Å²) in [5, 5.41) is 0. The lowest BCUT2D eigenvalue weighted by Gasteiger charge is -2.28. The van der Waals surface area contributed by atoms with Gasteiger partial charge in [-0.3, -0.25) is 9.59 Å². The highest BCUT2D eigenvalue weighted by Gasteiger charge is 2.38. The van der Waals surface area contributed by atoms with Crippen LogP contribution in [0.4, 0.5) is 0 Å². The monoisotopic (exact) mass is 330 g/mol. The molecule has 1 aliphatic heterocycles. The second-order valence-electron chi connectivity index (χ2n) is 6.70. The Morgan fingerprint density at radius 2 is 1.92 bits per heavy atom. The molecular weight excluding hydrogens is 300 g/mol. The molecule has 0 aromatic heterocycles. The lowest BCUT2D eigenvalue weighted by atomic mass is 10.0. The lowest BCUT2D eigenvalue weighted by molar-refractivity contribution is -0.136. The number of hydrogen-bond donors (Lipinski definition) is 0. The zero-order valence-electron chi connectivity index (χ0n) is 15.4. The summed E-state index contributed by atoms with van der Waals surface area (Å²) in [5.41, 5.74) is 2.37. The topological polar surface area (TPSA) is 40.6 Å². The molecule has 2 amide bonds.